The topological polar surface area (TPSA) is 80.2 Å². The molecule has 4 rings (SSSR count). The van der Waals surface area contributed by atoms with Crippen molar-refractivity contribution in [1.29, 1.82) is 0 Å². The number of amides is 1. The van der Waals surface area contributed by atoms with Crippen molar-refractivity contribution in [3.63, 3.8) is 0 Å². The van der Waals surface area contributed by atoms with Crippen molar-refractivity contribution in [1.82, 2.24) is 10.2 Å². The number of carbonyl (C=O) groups is 2. The Bertz CT molecular complexity index is 935. The van der Waals surface area contributed by atoms with Crippen molar-refractivity contribution in [2.75, 3.05) is 20.3 Å². The molecule has 0 spiro atoms. The van der Waals surface area contributed by atoms with Gasteiger partial charge in [0.1, 0.15) is 0 Å². The van der Waals surface area contributed by atoms with Gasteiger partial charge in [0.15, 0.2) is 5.17 Å². The summed E-state index contributed by atoms with van der Waals surface area (Å²) in [5.41, 5.74) is 3.01. The molecule has 1 aromatic rings. The molecular formula is C23H27N3O4S. The van der Waals surface area contributed by atoms with E-state index in [4.69, 9.17) is 14.5 Å². The number of hydrogen-bond acceptors (Lipinski definition) is 7. The molecule has 7 nitrogen and oxygen atoms in total. The van der Waals surface area contributed by atoms with Crippen LogP contribution in [0, 0.1) is 0 Å². The minimum atomic E-state index is -0.396. The van der Waals surface area contributed by atoms with Gasteiger partial charge in [-0.15, -0.1) is 0 Å². The Balaban J connectivity index is 1.60. The van der Waals surface area contributed by atoms with Crippen molar-refractivity contribution in [3.8, 4) is 0 Å². The van der Waals surface area contributed by atoms with E-state index in [2.05, 4.69) is 5.32 Å². The van der Waals surface area contributed by atoms with Gasteiger partial charge in [-0.05, 0) is 30.2 Å². The average molecular weight is 442 g/mol. The third kappa shape index (κ3) is 4.55. The monoisotopic (exact) mass is 441 g/mol. The number of hydrogen-bond donors (Lipinski definition) is 1. The Labute approximate surface area is 186 Å². The summed E-state index contributed by atoms with van der Waals surface area (Å²) in [5, 5.41) is 5.71. The first kappa shape index (κ1) is 21.6. The molecule has 31 heavy (non-hydrogen) atoms. The van der Waals surface area contributed by atoms with Gasteiger partial charge in [-0.25, -0.2) is 9.79 Å². The number of fused-ring (bicyclic) bond motifs is 1. The van der Waals surface area contributed by atoms with E-state index >= 15 is 0 Å². The number of benzene rings is 1. The average Bonchev–Trinajstić information content (AvgIpc) is 3.46. The van der Waals surface area contributed by atoms with Gasteiger partial charge in [-0.3, -0.25) is 4.79 Å². The highest BCUT2D eigenvalue weighted by molar-refractivity contribution is 8.16. The van der Waals surface area contributed by atoms with Crippen LogP contribution in [-0.4, -0.2) is 48.3 Å². The number of ether oxygens (including phenoxy) is 2. The van der Waals surface area contributed by atoms with Crippen LogP contribution in [0.2, 0.25) is 0 Å². The molecule has 3 aliphatic rings. The first-order valence-electron chi connectivity index (χ1n) is 10.6. The molecule has 2 atom stereocenters. The van der Waals surface area contributed by atoms with Crippen LogP contribution in [-0.2, 0) is 19.1 Å². The number of nitrogens with zero attached hydrogens (tertiary/aromatic N) is 2. The summed E-state index contributed by atoms with van der Waals surface area (Å²) >= 11 is 1.48. The van der Waals surface area contributed by atoms with Gasteiger partial charge in [0.2, 0.25) is 5.91 Å². The van der Waals surface area contributed by atoms with Gasteiger partial charge in [0.25, 0.3) is 0 Å². The van der Waals surface area contributed by atoms with Gasteiger partial charge < -0.3 is 19.7 Å². The maximum Gasteiger partial charge on any atom is 0.338 e. The molecule has 0 saturated carbocycles. The number of rotatable bonds is 7. The molecule has 0 unspecified atom stereocenters. The predicted molar refractivity (Wildman–Crippen MR) is 120 cm³/mol. The smallest absolute Gasteiger partial charge is 0.338 e. The fraction of sp³-hybridized carbons (Fsp3) is 0.435. The molecule has 1 aromatic carbocycles. The van der Waals surface area contributed by atoms with Crippen LogP contribution in [0.25, 0.3) is 0 Å². The van der Waals surface area contributed by atoms with Crippen molar-refractivity contribution in [2.45, 2.75) is 44.8 Å². The number of methoxy groups -OCH3 is 1. The Morgan fingerprint density at radius 1 is 1.32 bits per heavy atom. The lowest BCUT2D eigenvalue weighted by molar-refractivity contribution is -0.136. The zero-order valence-electron chi connectivity index (χ0n) is 17.8. The summed E-state index contributed by atoms with van der Waals surface area (Å²) in [6.45, 7) is 3.26. The first-order valence-corrected chi connectivity index (χ1v) is 11.5. The van der Waals surface area contributed by atoms with Crippen molar-refractivity contribution >= 4 is 28.8 Å². The molecule has 0 radical (unpaired) electrons. The normalized spacial score (nSPS) is 22.7. The van der Waals surface area contributed by atoms with Crippen LogP contribution in [0.3, 0.4) is 0 Å². The van der Waals surface area contributed by atoms with Crippen LogP contribution in [0.4, 0.5) is 0 Å². The lowest BCUT2D eigenvalue weighted by Crippen LogP contribution is -2.38. The van der Waals surface area contributed by atoms with Crippen LogP contribution in [0.15, 0.2) is 57.7 Å². The van der Waals surface area contributed by atoms with Crippen LogP contribution in [0.5, 0.6) is 0 Å². The molecule has 0 aromatic heterocycles. The third-order valence-electron chi connectivity index (χ3n) is 5.64. The molecular weight excluding hydrogens is 414 g/mol. The molecule has 0 aliphatic carbocycles. The molecule has 8 heteroatoms. The molecule has 1 saturated heterocycles. The molecule has 164 valence electrons. The van der Waals surface area contributed by atoms with Crippen LogP contribution >= 0.6 is 11.8 Å². The van der Waals surface area contributed by atoms with E-state index in [1.165, 1.54) is 18.9 Å². The first-order chi connectivity index (χ1) is 15.1. The van der Waals surface area contributed by atoms with Gasteiger partial charge in [-0.1, -0.05) is 49.0 Å². The largest absolute Gasteiger partial charge is 0.466 e. The number of thioether (sulfide) groups is 1. The summed E-state index contributed by atoms with van der Waals surface area (Å²) in [4.78, 5) is 32.2. The summed E-state index contributed by atoms with van der Waals surface area (Å²) in [6.07, 6.45) is 2.93. The molecule has 3 heterocycles. The fourth-order valence-electron chi connectivity index (χ4n) is 4.12. The lowest BCUT2D eigenvalue weighted by Gasteiger charge is -2.36. The number of allylic oxidation sites excluding steroid dienone is 1. The second-order valence-corrected chi connectivity index (χ2v) is 8.46. The minimum absolute atomic E-state index is 0.0692. The van der Waals surface area contributed by atoms with E-state index < -0.39 is 5.97 Å². The second-order valence-electron chi connectivity index (χ2n) is 7.63. The molecule has 0 bridgehead atoms. The summed E-state index contributed by atoms with van der Waals surface area (Å²) < 4.78 is 10.7. The molecule has 3 aliphatic heterocycles. The third-order valence-corrected chi connectivity index (χ3v) is 6.53. The van der Waals surface area contributed by atoms with Crippen molar-refractivity contribution in [2.24, 2.45) is 4.99 Å². The number of amidine groups is 1. The van der Waals surface area contributed by atoms with Crippen LogP contribution < -0.4 is 5.32 Å². The van der Waals surface area contributed by atoms with Crippen molar-refractivity contribution in [3.05, 3.63) is 58.3 Å². The second kappa shape index (κ2) is 9.70. The zero-order valence-corrected chi connectivity index (χ0v) is 18.6. The predicted octanol–water partition coefficient (Wildman–Crippen LogP) is 3.51. The van der Waals surface area contributed by atoms with Gasteiger partial charge in [-0.2, -0.15) is 0 Å². The lowest BCUT2D eigenvalue weighted by atomic mass is 9.93. The van der Waals surface area contributed by atoms with Crippen LogP contribution in [0.1, 0.15) is 44.2 Å². The van der Waals surface area contributed by atoms with E-state index in [0.717, 1.165) is 41.6 Å². The SMILES string of the molecule is CCC1=C(C(=O)OC)[C@H](c2ccccc2)N2C(CC(=O)NC[C@@H]3CCCO3)=CSC2=N1. The van der Waals surface area contributed by atoms with E-state index in [0.29, 0.717) is 18.5 Å². The fourth-order valence-corrected chi connectivity index (χ4v) is 5.06. The van der Waals surface area contributed by atoms with Gasteiger partial charge >= 0.3 is 5.97 Å². The highest BCUT2D eigenvalue weighted by Gasteiger charge is 2.41. The Morgan fingerprint density at radius 2 is 2.13 bits per heavy atom. The minimum Gasteiger partial charge on any atom is -0.466 e. The Kier molecular flexibility index (Phi) is 6.77. The van der Waals surface area contributed by atoms with E-state index in [-0.39, 0.29) is 24.5 Å². The number of esters is 1. The van der Waals surface area contributed by atoms with Gasteiger partial charge in [0, 0.05) is 18.8 Å². The standard InChI is InChI=1S/C23H27N3O4S/c1-3-18-20(22(28)29-2)21(15-8-5-4-6-9-15)26-16(14-31-23(26)25-18)12-19(27)24-13-17-10-7-11-30-17/h4-6,8-9,14,17,21H,3,7,10-13H2,1-2H3,(H,24,27)/t17-,21-/m0/s1. The number of carbonyl (C=O) groups excluding carboxylic acids is 2. The highest BCUT2D eigenvalue weighted by atomic mass is 32.2. The maximum atomic E-state index is 12.8. The van der Waals surface area contributed by atoms with E-state index in [1.54, 1.807) is 0 Å². The quantitative estimate of drug-likeness (QED) is 0.653. The molecule has 1 fully saturated rings. The van der Waals surface area contributed by atoms with E-state index in [9.17, 15) is 9.59 Å². The maximum absolute atomic E-state index is 12.8. The highest BCUT2D eigenvalue weighted by Crippen LogP contribution is 2.45. The number of nitrogens with one attached hydrogen (secondary N) is 1. The molecule has 1 N–H and O–H groups in total. The Morgan fingerprint density at radius 3 is 2.81 bits per heavy atom. The summed E-state index contributed by atoms with van der Waals surface area (Å²) in [6, 6.07) is 9.43. The Hall–Kier alpha value is -2.58. The van der Waals surface area contributed by atoms with Crippen molar-refractivity contribution < 1.29 is 19.1 Å². The summed E-state index contributed by atoms with van der Waals surface area (Å²) in [7, 11) is 1.39. The van der Waals surface area contributed by atoms with E-state index in [1.807, 2.05) is 47.6 Å². The summed E-state index contributed by atoms with van der Waals surface area (Å²) in [5.74, 6) is -0.465. The van der Waals surface area contributed by atoms with Gasteiger partial charge in [0.05, 0.1) is 36.9 Å². The number of aliphatic imine (C=N–C) groups is 1. The molecule has 1 amide bonds. The zero-order chi connectivity index (χ0) is 21.8.